The number of hydrogen-bond donors (Lipinski definition) is 1. The van der Waals surface area contributed by atoms with E-state index in [1.807, 2.05) is 42.6 Å². The van der Waals surface area contributed by atoms with Crippen molar-refractivity contribution >= 4 is 28.0 Å². The summed E-state index contributed by atoms with van der Waals surface area (Å²) in [6.07, 6.45) is 1.41. The van der Waals surface area contributed by atoms with Crippen LogP contribution < -0.4 is 4.74 Å². The Labute approximate surface area is 219 Å². The van der Waals surface area contributed by atoms with E-state index in [9.17, 15) is 4.79 Å². The smallest absolute Gasteiger partial charge is 0.449 e. The Balaban J connectivity index is 1.34. The molecule has 0 atom stereocenters. The van der Waals surface area contributed by atoms with Crippen molar-refractivity contribution in [1.29, 1.82) is 0 Å². The summed E-state index contributed by atoms with van der Waals surface area (Å²) in [4.78, 5) is 20.7. The molecule has 0 saturated heterocycles. The van der Waals surface area contributed by atoms with Gasteiger partial charge < -0.3 is 14.4 Å². The molecule has 0 aliphatic rings. The summed E-state index contributed by atoms with van der Waals surface area (Å²) >= 11 is 0. The van der Waals surface area contributed by atoms with Crippen molar-refractivity contribution in [2.45, 2.75) is 19.9 Å². The molecule has 0 saturated carbocycles. The van der Waals surface area contributed by atoms with E-state index < -0.39 is 6.16 Å². The third kappa shape index (κ3) is 4.48. The summed E-state index contributed by atoms with van der Waals surface area (Å²) in [6, 6.07) is 31.9. The van der Waals surface area contributed by atoms with Crippen LogP contribution in [0, 0.1) is 0 Å². The van der Waals surface area contributed by atoms with Crippen LogP contribution in [0.15, 0.2) is 103 Å². The van der Waals surface area contributed by atoms with E-state index in [4.69, 9.17) is 19.8 Å². The first-order valence-corrected chi connectivity index (χ1v) is 12.5. The first kappa shape index (κ1) is 23.4. The molecule has 2 heterocycles. The Bertz CT molecular complexity index is 1790. The molecule has 6 rings (SSSR count). The van der Waals surface area contributed by atoms with Crippen molar-refractivity contribution in [3.63, 3.8) is 0 Å². The van der Waals surface area contributed by atoms with Gasteiger partial charge in [0.2, 0.25) is 0 Å². The van der Waals surface area contributed by atoms with Crippen LogP contribution in [0.2, 0.25) is 0 Å². The number of carboxylic acid groups (broad SMARTS) is 1. The second kappa shape index (κ2) is 9.82. The van der Waals surface area contributed by atoms with Gasteiger partial charge in [0.1, 0.15) is 11.6 Å². The quantitative estimate of drug-likeness (QED) is 0.189. The minimum Gasteiger partial charge on any atom is -0.449 e. The third-order valence-corrected chi connectivity index (χ3v) is 6.76. The van der Waals surface area contributed by atoms with Crippen LogP contribution >= 0.6 is 0 Å². The normalized spacial score (nSPS) is 11.2. The third-order valence-electron chi connectivity index (χ3n) is 6.76. The maximum absolute atomic E-state index is 11.1. The molecule has 38 heavy (non-hydrogen) atoms. The highest BCUT2D eigenvalue weighted by atomic mass is 16.7. The average molecular weight is 500 g/mol. The maximum atomic E-state index is 11.1. The number of rotatable bonds is 6. The molecule has 2 aromatic heterocycles. The topological polar surface area (TPSA) is 77.2 Å². The number of para-hydroxylation sites is 1. The van der Waals surface area contributed by atoms with Crippen LogP contribution in [0.4, 0.5) is 4.79 Å². The molecule has 1 N–H and O–H groups in total. The van der Waals surface area contributed by atoms with E-state index in [1.165, 1.54) is 0 Å². The van der Waals surface area contributed by atoms with Crippen LogP contribution in [0.25, 0.3) is 44.2 Å². The number of carbonyl (C=O) groups is 1. The second-order valence-electron chi connectivity index (χ2n) is 9.15. The van der Waals surface area contributed by atoms with Crippen LogP contribution in [0.1, 0.15) is 18.3 Å². The Morgan fingerprint density at radius 3 is 2.39 bits per heavy atom. The number of benzene rings is 4. The van der Waals surface area contributed by atoms with Gasteiger partial charge in [-0.25, -0.2) is 9.78 Å². The van der Waals surface area contributed by atoms with Gasteiger partial charge in [-0.15, -0.1) is 0 Å². The van der Waals surface area contributed by atoms with Crippen LogP contribution in [-0.4, -0.2) is 25.8 Å². The molecule has 0 bridgehead atoms. The molecule has 6 heteroatoms. The monoisotopic (exact) mass is 499 g/mol. The number of imidazole rings is 1. The molecule has 0 unspecified atom stereocenters. The lowest BCUT2D eigenvalue weighted by atomic mass is 10.0. The van der Waals surface area contributed by atoms with E-state index >= 15 is 0 Å². The Hall–Kier alpha value is -4.97. The van der Waals surface area contributed by atoms with E-state index in [2.05, 4.69) is 60.0 Å². The zero-order chi connectivity index (χ0) is 26.1. The van der Waals surface area contributed by atoms with Gasteiger partial charge in [-0.3, -0.25) is 4.98 Å². The van der Waals surface area contributed by atoms with Crippen LogP contribution in [0.5, 0.6) is 5.75 Å². The molecule has 0 amide bonds. The largest absolute Gasteiger partial charge is 0.511 e. The van der Waals surface area contributed by atoms with Gasteiger partial charge in [-0.1, -0.05) is 79.7 Å². The van der Waals surface area contributed by atoms with E-state index in [-0.39, 0.29) is 0 Å². The second-order valence-corrected chi connectivity index (χ2v) is 9.15. The zero-order valence-electron chi connectivity index (χ0n) is 20.8. The molecular formula is C32H25N3O3. The lowest BCUT2D eigenvalue weighted by molar-refractivity contribution is 0.144. The van der Waals surface area contributed by atoms with E-state index in [0.717, 1.165) is 62.0 Å². The summed E-state index contributed by atoms with van der Waals surface area (Å²) < 4.78 is 7.22. The fraction of sp³-hybridized carbons (Fsp3) is 0.0938. The van der Waals surface area contributed by atoms with Gasteiger partial charge >= 0.3 is 6.16 Å². The fourth-order valence-electron chi connectivity index (χ4n) is 4.88. The fourth-order valence-corrected chi connectivity index (χ4v) is 4.88. The molecule has 6 nitrogen and oxygen atoms in total. The van der Waals surface area contributed by atoms with Gasteiger partial charge in [-0.05, 0) is 40.8 Å². The van der Waals surface area contributed by atoms with Crippen LogP contribution in [0.3, 0.4) is 0 Å². The Kier molecular flexibility index (Phi) is 6.06. The minimum atomic E-state index is -1.33. The summed E-state index contributed by atoms with van der Waals surface area (Å²) in [5.74, 6) is 1.34. The lowest BCUT2D eigenvalue weighted by Crippen LogP contribution is -2.05. The minimum absolute atomic E-state index is 0.316. The predicted molar refractivity (Wildman–Crippen MR) is 149 cm³/mol. The highest BCUT2D eigenvalue weighted by Gasteiger charge is 2.13. The first-order valence-electron chi connectivity index (χ1n) is 12.5. The molecule has 0 aliphatic heterocycles. The summed E-state index contributed by atoms with van der Waals surface area (Å²) in [6.45, 7) is 2.79. The van der Waals surface area contributed by atoms with Crippen molar-refractivity contribution in [2.75, 3.05) is 0 Å². The van der Waals surface area contributed by atoms with Gasteiger partial charge in [0.05, 0.1) is 16.7 Å². The van der Waals surface area contributed by atoms with Crippen molar-refractivity contribution in [3.8, 4) is 28.1 Å². The summed E-state index contributed by atoms with van der Waals surface area (Å²) in [5.41, 5.74) is 6.76. The highest BCUT2D eigenvalue weighted by molar-refractivity contribution is 5.87. The Morgan fingerprint density at radius 1 is 0.868 bits per heavy atom. The highest BCUT2D eigenvalue weighted by Crippen LogP contribution is 2.31. The molecule has 0 aliphatic carbocycles. The molecule has 186 valence electrons. The van der Waals surface area contributed by atoms with E-state index in [1.54, 1.807) is 12.1 Å². The predicted octanol–water partition coefficient (Wildman–Crippen LogP) is 7.59. The van der Waals surface area contributed by atoms with Gasteiger partial charge in [0.15, 0.2) is 0 Å². The Morgan fingerprint density at radius 2 is 1.61 bits per heavy atom. The average Bonchev–Trinajstić information content (AvgIpc) is 3.30. The standard InChI is InChI=1S/C32H25N3O3/c1-2-31-34-27-16-15-24(28-17-23-7-3-4-8-25(23)19-33-28)18-29(27)35(31)20-21-11-13-22(14-12-21)26-9-5-6-10-30(26)38-32(36)37/h3-19H,2,20H2,1H3,(H,36,37). The number of hydrogen-bond acceptors (Lipinski definition) is 4. The van der Waals surface area contributed by atoms with Crippen LogP contribution in [-0.2, 0) is 13.0 Å². The number of fused-ring (bicyclic) bond motifs is 2. The molecular weight excluding hydrogens is 474 g/mol. The SMILES string of the molecule is CCc1nc2ccc(-c3cc4ccccc4cn3)cc2n1Cc1ccc(-c2ccccc2OC(=O)O)cc1. The van der Waals surface area contributed by atoms with Crippen molar-refractivity contribution in [2.24, 2.45) is 0 Å². The summed E-state index contributed by atoms with van der Waals surface area (Å²) in [7, 11) is 0. The molecule has 0 spiro atoms. The molecule has 4 aromatic carbocycles. The maximum Gasteiger partial charge on any atom is 0.511 e. The number of pyridine rings is 1. The molecule has 6 aromatic rings. The number of ether oxygens (including phenoxy) is 1. The van der Waals surface area contributed by atoms with Crippen molar-refractivity contribution < 1.29 is 14.6 Å². The number of nitrogens with zero attached hydrogens (tertiary/aromatic N) is 3. The van der Waals surface area contributed by atoms with E-state index in [0.29, 0.717) is 12.3 Å². The van der Waals surface area contributed by atoms with Gasteiger partial charge in [0.25, 0.3) is 0 Å². The van der Waals surface area contributed by atoms with Gasteiger partial charge in [0, 0.05) is 35.7 Å². The summed E-state index contributed by atoms with van der Waals surface area (Å²) in [5, 5.41) is 11.4. The first-order chi connectivity index (χ1) is 18.6. The van der Waals surface area contributed by atoms with Gasteiger partial charge in [-0.2, -0.15) is 0 Å². The molecule has 0 radical (unpaired) electrons. The van der Waals surface area contributed by atoms with Crippen molar-refractivity contribution in [1.82, 2.24) is 14.5 Å². The lowest BCUT2D eigenvalue weighted by Gasteiger charge is -2.11. The number of aryl methyl sites for hydroxylation is 1. The zero-order valence-corrected chi connectivity index (χ0v) is 20.8. The molecule has 0 fully saturated rings. The number of aromatic nitrogens is 3. The van der Waals surface area contributed by atoms with Crippen molar-refractivity contribution in [3.05, 3.63) is 115 Å².